The van der Waals surface area contributed by atoms with Crippen molar-refractivity contribution in [1.29, 1.82) is 0 Å². The summed E-state index contributed by atoms with van der Waals surface area (Å²) in [5.41, 5.74) is 2.77. The Bertz CT molecular complexity index is 517. The first-order valence-corrected chi connectivity index (χ1v) is 5.83. The molecule has 0 N–H and O–H groups in total. The van der Waals surface area contributed by atoms with Crippen LogP contribution in [0.25, 0.3) is 11.1 Å². The molecule has 0 unspecified atom stereocenters. The van der Waals surface area contributed by atoms with Crippen molar-refractivity contribution in [3.05, 3.63) is 53.3 Å². The van der Waals surface area contributed by atoms with E-state index in [1.165, 1.54) is 0 Å². The van der Waals surface area contributed by atoms with Gasteiger partial charge in [0.25, 0.3) is 0 Å². The molecule has 1 aromatic heterocycles. The van der Waals surface area contributed by atoms with Crippen molar-refractivity contribution in [2.45, 2.75) is 13.3 Å². The fourth-order valence-corrected chi connectivity index (χ4v) is 1.71. The van der Waals surface area contributed by atoms with Gasteiger partial charge in [-0.3, -0.25) is 4.79 Å². The van der Waals surface area contributed by atoms with Gasteiger partial charge in [0.2, 0.25) is 0 Å². The van der Waals surface area contributed by atoms with E-state index >= 15 is 0 Å². The first-order chi connectivity index (χ1) is 8.20. The SMILES string of the molecule is CCC(=O)c1ccc(-c2ccc(Cl)nc2)cc1. The van der Waals surface area contributed by atoms with Crippen LogP contribution in [0, 0.1) is 0 Å². The molecule has 1 heterocycles. The number of ketones is 1. The molecular formula is C14H12ClNO. The van der Waals surface area contributed by atoms with Gasteiger partial charge >= 0.3 is 0 Å². The molecule has 0 bridgehead atoms. The molecule has 0 amide bonds. The maximum absolute atomic E-state index is 11.5. The Balaban J connectivity index is 2.29. The van der Waals surface area contributed by atoms with Gasteiger partial charge in [0.15, 0.2) is 5.78 Å². The molecule has 2 rings (SSSR count). The maximum Gasteiger partial charge on any atom is 0.162 e. The molecule has 0 fully saturated rings. The summed E-state index contributed by atoms with van der Waals surface area (Å²) >= 11 is 5.73. The zero-order chi connectivity index (χ0) is 12.3. The number of rotatable bonds is 3. The highest BCUT2D eigenvalue weighted by molar-refractivity contribution is 6.29. The number of benzene rings is 1. The van der Waals surface area contributed by atoms with Crippen molar-refractivity contribution in [1.82, 2.24) is 4.98 Å². The highest BCUT2D eigenvalue weighted by Gasteiger charge is 2.03. The Morgan fingerprint density at radius 3 is 2.29 bits per heavy atom. The summed E-state index contributed by atoms with van der Waals surface area (Å²) in [4.78, 5) is 15.5. The molecule has 0 aliphatic rings. The second-order valence-corrected chi connectivity index (χ2v) is 4.11. The van der Waals surface area contributed by atoms with E-state index in [-0.39, 0.29) is 5.78 Å². The van der Waals surface area contributed by atoms with Crippen LogP contribution in [0.4, 0.5) is 0 Å². The average Bonchev–Trinajstić information content (AvgIpc) is 2.39. The molecule has 0 aliphatic carbocycles. The monoisotopic (exact) mass is 245 g/mol. The maximum atomic E-state index is 11.5. The van der Waals surface area contributed by atoms with E-state index in [1.54, 1.807) is 12.3 Å². The molecule has 0 spiro atoms. The van der Waals surface area contributed by atoms with Crippen molar-refractivity contribution < 1.29 is 4.79 Å². The molecule has 3 heteroatoms. The molecule has 1 aromatic carbocycles. The van der Waals surface area contributed by atoms with Gasteiger partial charge in [0, 0.05) is 23.7 Å². The van der Waals surface area contributed by atoms with Crippen LogP contribution in [0.3, 0.4) is 0 Å². The largest absolute Gasteiger partial charge is 0.294 e. The van der Waals surface area contributed by atoms with Gasteiger partial charge in [-0.2, -0.15) is 0 Å². The minimum atomic E-state index is 0.158. The lowest BCUT2D eigenvalue weighted by Crippen LogP contribution is -1.95. The molecule has 0 radical (unpaired) electrons. The van der Waals surface area contributed by atoms with Crippen LogP contribution in [-0.4, -0.2) is 10.8 Å². The van der Waals surface area contributed by atoms with Crippen molar-refractivity contribution in [2.75, 3.05) is 0 Å². The average molecular weight is 246 g/mol. The fraction of sp³-hybridized carbons (Fsp3) is 0.143. The smallest absolute Gasteiger partial charge is 0.162 e. The minimum absolute atomic E-state index is 0.158. The van der Waals surface area contributed by atoms with Crippen LogP contribution >= 0.6 is 11.6 Å². The summed E-state index contributed by atoms with van der Waals surface area (Å²) in [5, 5.41) is 0.478. The van der Waals surface area contributed by atoms with Gasteiger partial charge in [-0.25, -0.2) is 4.98 Å². The number of carbonyl (C=O) groups is 1. The molecular weight excluding hydrogens is 234 g/mol. The van der Waals surface area contributed by atoms with E-state index < -0.39 is 0 Å². The van der Waals surface area contributed by atoms with E-state index in [9.17, 15) is 4.79 Å². The zero-order valence-electron chi connectivity index (χ0n) is 9.48. The standard InChI is InChI=1S/C14H12ClNO/c1-2-13(17)11-5-3-10(4-6-11)12-7-8-14(15)16-9-12/h3-9H,2H2,1H3. The minimum Gasteiger partial charge on any atom is -0.294 e. The second-order valence-electron chi connectivity index (χ2n) is 3.72. The van der Waals surface area contributed by atoms with Gasteiger partial charge in [-0.1, -0.05) is 42.8 Å². The van der Waals surface area contributed by atoms with Crippen LogP contribution in [-0.2, 0) is 0 Å². The first kappa shape index (κ1) is 11.8. The van der Waals surface area contributed by atoms with E-state index in [0.29, 0.717) is 11.6 Å². The topological polar surface area (TPSA) is 30.0 Å². The summed E-state index contributed by atoms with van der Waals surface area (Å²) in [6.45, 7) is 1.86. The number of halogens is 1. The van der Waals surface area contributed by atoms with Crippen LogP contribution in [0.1, 0.15) is 23.7 Å². The van der Waals surface area contributed by atoms with Crippen LogP contribution in [0.5, 0.6) is 0 Å². The first-order valence-electron chi connectivity index (χ1n) is 5.46. The summed E-state index contributed by atoms with van der Waals surface area (Å²) in [7, 11) is 0. The number of nitrogens with zero attached hydrogens (tertiary/aromatic N) is 1. The zero-order valence-corrected chi connectivity index (χ0v) is 10.2. The number of carbonyl (C=O) groups excluding carboxylic acids is 1. The number of hydrogen-bond acceptors (Lipinski definition) is 2. The third-order valence-corrected chi connectivity index (χ3v) is 2.81. The van der Waals surface area contributed by atoms with Crippen molar-refractivity contribution in [3.63, 3.8) is 0 Å². The lowest BCUT2D eigenvalue weighted by Gasteiger charge is -2.03. The molecule has 2 nitrogen and oxygen atoms in total. The Morgan fingerprint density at radius 2 is 1.76 bits per heavy atom. The van der Waals surface area contributed by atoms with Crippen molar-refractivity contribution in [3.8, 4) is 11.1 Å². The summed E-state index contributed by atoms with van der Waals surface area (Å²) in [6, 6.07) is 11.2. The molecule has 0 atom stereocenters. The second kappa shape index (κ2) is 5.11. The quantitative estimate of drug-likeness (QED) is 0.604. The van der Waals surface area contributed by atoms with Crippen molar-refractivity contribution >= 4 is 17.4 Å². The molecule has 17 heavy (non-hydrogen) atoms. The van der Waals surface area contributed by atoms with Crippen LogP contribution < -0.4 is 0 Å². The molecule has 86 valence electrons. The molecule has 0 saturated heterocycles. The lowest BCUT2D eigenvalue weighted by atomic mass is 10.0. The predicted molar refractivity (Wildman–Crippen MR) is 69.3 cm³/mol. The van der Waals surface area contributed by atoms with E-state index in [1.807, 2.05) is 37.3 Å². The lowest BCUT2D eigenvalue weighted by molar-refractivity contribution is 0.0988. The Kier molecular flexibility index (Phi) is 3.55. The number of aromatic nitrogens is 1. The van der Waals surface area contributed by atoms with E-state index in [2.05, 4.69) is 4.98 Å². The predicted octanol–water partition coefficient (Wildman–Crippen LogP) is 3.99. The fourth-order valence-electron chi connectivity index (χ4n) is 1.60. The van der Waals surface area contributed by atoms with Gasteiger partial charge in [0.05, 0.1) is 0 Å². The highest BCUT2D eigenvalue weighted by atomic mass is 35.5. The third-order valence-electron chi connectivity index (χ3n) is 2.59. The summed E-state index contributed by atoms with van der Waals surface area (Å²) < 4.78 is 0. The molecule has 2 aromatic rings. The van der Waals surface area contributed by atoms with Gasteiger partial charge in [-0.15, -0.1) is 0 Å². The van der Waals surface area contributed by atoms with Crippen molar-refractivity contribution in [2.24, 2.45) is 0 Å². The van der Waals surface area contributed by atoms with Crippen LogP contribution in [0.2, 0.25) is 5.15 Å². The Labute approximate surface area is 105 Å². The Hall–Kier alpha value is -1.67. The van der Waals surface area contributed by atoms with Gasteiger partial charge in [0.1, 0.15) is 5.15 Å². The summed E-state index contributed by atoms with van der Waals surface area (Å²) in [5.74, 6) is 0.158. The summed E-state index contributed by atoms with van der Waals surface area (Å²) in [6.07, 6.45) is 2.25. The normalized spacial score (nSPS) is 10.2. The number of hydrogen-bond donors (Lipinski definition) is 0. The molecule has 0 saturated carbocycles. The number of pyridine rings is 1. The molecule has 0 aliphatic heterocycles. The van der Waals surface area contributed by atoms with E-state index in [0.717, 1.165) is 16.7 Å². The number of Topliss-reactive ketones (excluding diaryl/α,β-unsaturated/α-hetero) is 1. The Morgan fingerprint density at radius 1 is 1.12 bits per heavy atom. The highest BCUT2D eigenvalue weighted by Crippen LogP contribution is 2.20. The van der Waals surface area contributed by atoms with Crippen LogP contribution in [0.15, 0.2) is 42.6 Å². The third kappa shape index (κ3) is 2.71. The van der Waals surface area contributed by atoms with Gasteiger partial charge < -0.3 is 0 Å². The van der Waals surface area contributed by atoms with Gasteiger partial charge in [-0.05, 0) is 17.7 Å². The van der Waals surface area contributed by atoms with E-state index in [4.69, 9.17) is 11.6 Å².